The highest BCUT2D eigenvalue weighted by Gasteiger charge is 2.04. The third-order valence-electron chi connectivity index (χ3n) is 2.09. The van der Waals surface area contributed by atoms with Gasteiger partial charge in [0, 0.05) is 16.8 Å². The Kier molecular flexibility index (Phi) is 4.62. The Balaban J connectivity index is 2.54. The second kappa shape index (κ2) is 5.75. The first-order valence-corrected chi connectivity index (χ1v) is 5.66. The van der Waals surface area contributed by atoms with Gasteiger partial charge in [-0.05, 0) is 38.5 Å². The Morgan fingerprint density at radius 1 is 1.44 bits per heavy atom. The lowest BCUT2D eigenvalue weighted by molar-refractivity contribution is -0.119. The summed E-state index contributed by atoms with van der Waals surface area (Å²) < 4.78 is 0. The molecule has 0 aliphatic rings. The lowest BCUT2D eigenvalue weighted by atomic mass is 10.2. The van der Waals surface area contributed by atoms with E-state index in [1.807, 2.05) is 39.0 Å². The normalized spacial score (nSPS) is 10.3. The molecule has 16 heavy (non-hydrogen) atoms. The standard InChI is InChI=1S/C12H17ClN2O/c1-8(2)15-12(16)7-14-11-6-10(13)5-4-9(11)3/h4-6,8,14H,7H2,1-3H3,(H,15,16). The van der Waals surface area contributed by atoms with Gasteiger partial charge in [0.25, 0.3) is 0 Å². The summed E-state index contributed by atoms with van der Waals surface area (Å²) >= 11 is 5.88. The number of carbonyl (C=O) groups excluding carboxylic acids is 1. The zero-order valence-corrected chi connectivity index (χ0v) is 10.6. The average Bonchev–Trinajstić information content (AvgIpc) is 2.18. The van der Waals surface area contributed by atoms with Gasteiger partial charge < -0.3 is 10.6 Å². The van der Waals surface area contributed by atoms with Crippen LogP contribution in [0.5, 0.6) is 0 Å². The maximum atomic E-state index is 11.4. The molecular weight excluding hydrogens is 224 g/mol. The fourth-order valence-corrected chi connectivity index (χ4v) is 1.51. The molecule has 1 amide bonds. The fourth-order valence-electron chi connectivity index (χ4n) is 1.33. The van der Waals surface area contributed by atoms with Crippen molar-refractivity contribution in [3.05, 3.63) is 28.8 Å². The molecule has 0 aliphatic carbocycles. The first kappa shape index (κ1) is 12.8. The van der Waals surface area contributed by atoms with Gasteiger partial charge in [-0.3, -0.25) is 4.79 Å². The van der Waals surface area contributed by atoms with Crippen molar-refractivity contribution >= 4 is 23.2 Å². The molecule has 1 aromatic rings. The topological polar surface area (TPSA) is 41.1 Å². The lowest BCUT2D eigenvalue weighted by Crippen LogP contribution is -2.34. The first-order chi connectivity index (χ1) is 7.49. The summed E-state index contributed by atoms with van der Waals surface area (Å²) in [6.45, 7) is 6.10. The molecule has 88 valence electrons. The van der Waals surface area contributed by atoms with Crippen LogP contribution in [0.4, 0.5) is 5.69 Å². The number of halogens is 1. The molecule has 1 aromatic carbocycles. The van der Waals surface area contributed by atoms with E-state index in [4.69, 9.17) is 11.6 Å². The third-order valence-corrected chi connectivity index (χ3v) is 2.32. The number of carbonyl (C=O) groups is 1. The van der Waals surface area contributed by atoms with Gasteiger partial charge in [-0.15, -0.1) is 0 Å². The Hall–Kier alpha value is -1.22. The average molecular weight is 241 g/mol. The van der Waals surface area contributed by atoms with E-state index in [1.54, 1.807) is 0 Å². The smallest absolute Gasteiger partial charge is 0.239 e. The summed E-state index contributed by atoms with van der Waals surface area (Å²) in [6.07, 6.45) is 0. The molecule has 0 unspecified atom stereocenters. The van der Waals surface area contributed by atoms with Crippen LogP contribution < -0.4 is 10.6 Å². The zero-order chi connectivity index (χ0) is 12.1. The van der Waals surface area contributed by atoms with Gasteiger partial charge in [0.15, 0.2) is 0 Å². The van der Waals surface area contributed by atoms with Crippen LogP contribution in [0.15, 0.2) is 18.2 Å². The summed E-state index contributed by atoms with van der Waals surface area (Å²) in [4.78, 5) is 11.4. The van der Waals surface area contributed by atoms with Crippen LogP contribution in [-0.4, -0.2) is 18.5 Å². The number of nitrogens with one attached hydrogen (secondary N) is 2. The van der Waals surface area contributed by atoms with Crippen molar-refractivity contribution in [1.29, 1.82) is 0 Å². The van der Waals surface area contributed by atoms with Gasteiger partial charge in [0.2, 0.25) is 5.91 Å². The molecule has 0 spiro atoms. The fraction of sp³-hybridized carbons (Fsp3) is 0.417. The molecule has 0 bridgehead atoms. The van der Waals surface area contributed by atoms with Gasteiger partial charge in [-0.2, -0.15) is 0 Å². The van der Waals surface area contributed by atoms with E-state index < -0.39 is 0 Å². The minimum Gasteiger partial charge on any atom is -0.376 e. The highest BCUT2D eigenvalue weighted by Crippen LogP contribution is 2.19. The van der Waals surface area contributed by atoms with Crippen LogP contribution in [0.2, 0.25) is 5.02 Å². The SMILES string of the molecule is Cc1ccc(Cl)cc1NCC(=O)NC(C)C. The molecule has 0 aliphatic heterocycles. The van der Waals surface area contributed by atoms with E-state index in [0.717, 1.165) is 11.3 Å². The molecule has 2 N–H and O–H groups in total. The molecule has 0 atom stereocenters. The molecule has 3 nitrogen and oxygen atoms in total. The summed E-state index contributed by atoms with van der Waals surface area (Å²) in [5.74, 6) is -0.0191. The van der Waals surface area contributed by atoms with Crippen LogP contribution in [0, 0.1) is 6.92 Å². The Labute approximate surface area is 101 Å². The molecule has 1 rings (SSSR count). The monoisotopic (exact) mass is 240 g/mol. The van der Waals surface area contributed by atoms with Crippen LogP contribution >= 0.6 is 11.6 Å². The maximum Gasteiger partial charge on any atom is 0.239 e. The molecule has 0 heterocycles. The minimum absolute atomic E-state index is 0.0191. The van der Waals surface area contributed by atoms with E-state index in [-0.39, 0.29) is 18.5 Å². The number of amides is 1. The van der Waals surface area contributed by atoms with Crippen molar-refractivity contribution in [1.82, 2.24) is 5.32 Å². The quantitative estimate of drug-likeness (QED) is 0.850. The molecule has 0 aromatic heterocycles. The highest BCUT2D eigenvalue weighted by atomic mass is 35.5. The number of hydrogen-bond donors (Lipinski definition) is 2. The zero-order valence-electron chi connectivity index (χ0n) is 9.80. The largest absolute Gasteiger partial charge is 0.376 e. The number of hydrogen-bond acceptors (Lipinski definition) is 2. The van der Waals surface area contributed by atoms with Crippen molar-refractivity contribution in [3.8, 4) is 0 Å². The first-order valence-electron chi connectivity index (χ1n) is 5.28. The second-order valence-corrected chi connectivity index (χ2v) is 4.47. The van der Waals surface area contributed by atoms with Crippen molar-refractivity contribution in [3.63, 3.8) is 0 Å². The van der Waals surface area contributed by atoms with Gasteiger partial charge in [-0.25, -0.2) is 0 Å². The van der Waals surface area contributed by atoms with Gasteiger partial charge in [0.05, 0.1) is 6.54 Å². The molecular formula is C12H17ClN2O. The summed E-state index contributed by atoms with van der Waals surface area (Å²) in [6, 6.07) is 5.73. The maximum absolute atomic E-state index is 11.4. The molecule has 0 saturated heterocycles. The molecule has 4 heteroatoms. The molecule has 0 fully saturated rings. The minimum atomic E-state index is -0.0191. The van der Waals surface area contributed by atoms with E-state index in [0.29, 0.717) is 5.02 Å². The van der Waals surface area contributed by atoms with Crippen LogP contribution in [0.1, 0.15) is 19.4 Å². The summed E-state index contributed by atoms with van der Waals surface area (Å²) in [7, 11) is 0. The number of aryl methyl sites for hydroxylation is 1. The van der Waals surface area contributed by atoms with Crippen molar-refractivity contribution in [2.45, 2.75) is 26.8 Å². The highest BCUT2D eigenvalue weighted by molar-refractivity contribution is 6.30. The number of anilines is 1. The van der Waals surface area contributed by atoms with E-state index in [9.17, 15) is 4.79 Å². The van der Waals surface area contributed by atoms with Crippen LogP contribution in [0.3, 0.4) is 0 Å². The van der Waals surface area contributed by atoms with Crippen LogP contribution in [-0.2, 0) is 4.79 Å². The predicted octanol–water partition coefficient (Wildman–Crippen LogP) is 2.58. The second-order valence-electron chi connectivity index (χ2n) is 4.04. The van der Waals surface area contributed by atoms with E-state index in [2.05, 4.69) is 10.6 Å². The Morgan fingerprint density at radius 3 is 2.75 bits per heavy atom. The molecule has 0 saturated carbocycles. The third kappa shape index (κ3) is 4.11. The van der Waals surface area contributed by atoms with Crippen molar-refractivity contribution < 1.29 is 4.79 Å². The Bertz CT molecular complexity index is 377. The van der Waals surface area contributed by atoms with Crippen molar-refractivity contribution in [2.24, 2.45) is 0 Å². The summed E-state index contributed by atoms with van der Waals surface area (Å²) in [5.41, 5.74) is 1.97. The number of rotatable bonds is 4. The van der Waals surface area contributed by atoms with E-state index in [1.165, 1.54) is 0 Å². The van der Waals surface area contributed by atoms with Crippen LogP contribution in [0.25, 0.3) is 0 Å². The van der Waals surface area contributed by atoms with Gasteiger partial charge in [0.1, 0.15) is 0 Å². The van der Waals surface area contributed by atoms with E-state index >= 15 is 0 Å². The van der Waals surface area contributed by atoms with Gasteiger partial charge in [-0.1, -0.05) is 17.7 Å². The number of benzene rings is 1. The molecule has 0 radical (unpaired) electrons. The lowest BCUT2D eigenvalue weighted by Gasteiger charge is -2.11. The van der Waals surface area contributed by atoms with Gasteiger partial charge >= 0.3 is 0 Å². The van der Waals surface area contributed by atoms with Crippen molar-refractivity contribution in [2.75, 3.05) is 11.9 Å². The Morgan fingerprint density at radius 2 is 2.12 bits per heavy atom. The summed E-state index contributed by atoms with van der Waals surface area (Å²) in [5, 5.41) is 6.54. The predicted molar refractivity (Wildman–Crippen MR) is 68.0 cm³/mol.